The van der Waals surface area contributed by atoms with Gasteiger partial charge in [-0.15, -0.1) is 0 Å². The summed E-state index contributed by atoms with van der Waals surface area (Å²) in [4.78, 5) is 12.3. The number of amides is 1. The third kappa shape index (κ3) is 5.66. The molecule has 3 N–H and O–H groups in total. The first kappa shape index (κ1) is 23.3. The van der Waals surface area contributed by atoms with Crippen molar-refractivity contribution in [1.82, 2.24) is 5.16 Å². The highest BCUT2D eigenvalue weighted by atomic mass is 32.2. The van der Waals surface area contributed by atoms with Crippen LogP contribution >= 0.6 is 0 Å². The molecule has 0 aliphatic heterocycles. The molecule has 1 heterocycles. The van der Waals surface area contributed by atoms with Gasteiger partial charge < -0.3 is 14.6 Å². The Balaban J connectivity index is 1.66. The number of methoxy groups -OCH3 is 1. The highest BCUT2D eigenvalue weighted by molar-refractivity contribution is 7.92. The molecule has 33 heavy (non-hydrogen) atoms. The van der Waals surface area contributed by atoms with Crippen molar-refractivity contribution in [1.29, 1.82) is 5.26 Å². The number of nitriles is 1. The molecule has 0 bridgehead atoms. The number of aromatic nitrogens is 1. The van der Waals surface area contributed by atoms with E-state index in [9.17, 15) is 18.5 Å². The van der Waals surface area contributed by atoms with Gasteiger partial charge in [-0.2, -0.15) is 10.4 Å². The van der Waals surface area contributed by atoms with Crippen molar-refractivity contribution in [3.05, 3.63) is 59.8 Å². The Bertz CT molecular complexity index is 1320. The van der Waals surface area contributed by atoms with Crippen molar-refractivity contribution in [2.24, 2.45) is 5.10 Å². The maximum Gasteiger partial charge on any atom is 0.287 e. The van der Waals surface area contributed by atoms with E-state index in [1.165, 1.54) is 31.4 Å². The van der Waals surface area contributed by atoms with E-state index in [1.807, 2.05) is 0 Å². The molecular weight excluding hydrogens is 448 g/mol. The second-order valence-electron chi connectivity index (χ2n) is 6.72. The van der Waals surface area contributed by atoms with Crippen molar-refractivity contribution in [2.45, 2.75) is 18.7 Å². The molecule has 1 aromatic heterocycles. The summed E-state index contributed by atoms with van der Waals surface area (Å²) in [6, 6.07) is 13.8. The number of rotatable bonds is 8. The average Bonchev–Trinajstić information content (AvgIpc) is 3.12. The Hall–Kier alpha value is -4.37. The minimum absolute atomic E-state index is 0.0316. The van der Waals surface area contributed by atoms with E-state index in [1.54, 1.807) is 44.2 Å². The van der Waals surface area contributed by atoms with Gasteiger partial charge in [0.1, 0.15) is 11.8 Å². The maximum atomic E-state index is 12.5. The molecule has 0 atom stereocenters. The molecule has 0 unspecified atom stereocenters. The molecule has 3 aromatic rings. The maximum absolute atomic E-state index is 12.5. The summed E-state index contributed by atoms with van der Waals surface area (Å²) in [6.07, 6.45) is 0. The largest absolute Gasteiger partial charge is 0.497 e. The van der Waals surface area contributed by atoms with Crippen LogP contribution in [-0.2, 0) is 14.8 Å². The summed E-state index contributed by atoms with van der Waals surface area (Å²) in [6.45, 7) is 3.37. The number of nitrogens with one attached hydrogen (secondary N) is 3. The van der Waals surface area contributed by atoms with Gasteiger partial charge in [-0.1, -0.05) is 5.16 Å². The monoisotopic (exact) mass is 468 g/mol. The molecule has 0 fully saturated rings. The molecule has 0 aliphatic carbocycles. The molecule has 12 heteroatoms. The summed E-state index contributed by atoms with van der Waals surface area (Å²) in [5.74, 6) is -0.0846. The molecule has 3 rings (SSSR count). The highest BCUT2D eigenvalue weighted by Crippen LogP contribution is 2.22. The molecule has 0 radical (unpaired) electrons. The number of carbonyl (C=O) groups is 1. The summed E-state index contributed by atoms with van der Waals surface area (Å²) in [5.41, 5.74) is 4.18. The normalized spacial score (nSPS) is 11.4. The number of benzene rings is 2. The van der Waals surface area contributed by atoms with Crippen LogP contribution in [0.1, 0.15) is 11.3 Å². The SMILES string of the molecule is COc1ccc(NN=C(C#N)C(=O)Nc2ccc(S(=O)(=O)Nc3onc(C)c3C)cc2)cc1. The summed E-state index contributed by atoms with van der Waals surface area (Å²) >= 11 is 0. The Morgan fingerprint density at radius 1 is 1.09 bits per heavy atom. The number of anilines is 3. The zero-order valence-electron chi connectivity index (χ0n) is 17.9. The Labute approximate surface area is 190 Å². The lowest BCUT2D eigenvalue weighted by molar-refractivity contribution is -0.110. The van der Waals surface area contributed by atoms with Crippen molar-refractivity contribution in [3.8, 4) is 11.8 Å². The fourth-order valence-corrected chi connectivity index (χ4v) is 3.56. The van der Waals surface area contributed by atoms with E-state index in [-0.39, 0.29) is 16.5 Å². The first-order valence-electron chi connectivity index (χ1n) is 9.48. The van der Waals surface area contributed by atoms with Gasteiger partial charge in [-0.25, -0.2) is 13.1 Å². The van der Waals surface area contributed by atoms with Gasteiger partial charge in [-0.05, 0) is 62.4 Å². The highest BCUT2D eigenvalue weighted by Gasteiger charge is 2.19. The molecule has 11 nitrogen and oxygen atoms in total. The summed E-state index contributed by atoms with van der Waals surface area (Å²) in [5, 5.41) is 19.3. The van der Waals surface area contributed by atoms with Gasteiger partial charge >= 0.3 is 0 Å². The minimum Gasteiger partial charge on any atom is -0.497 e. The number of aryl methyl sites for hydroxylation is 1. The summed E-state index contributed by atoms with van der Waals surface area (Å²) < 4.78 is 37.5. The van der Waals surface area contributed by atoms with Gasteiger partial charge in [0.25, 0.3) is 15.9 Å². The molecule has 0 saturated carbocycles. The van der Waals surface area contributed by atoms with E-state index in [4.69, 9.17) is 9.26 Å². The Morgan fingerprint density at radius 2 is 1.73 bits per heavy atom. The number of hydrazone groups is 1. The fourth-order valence-electron chi connectivity index (χ4n) is 2.51. The third-order valence-corrected chi connectivity index (χ3v) is 5.86. The molecule has 0 spiro atoms. The van der Waals surface area contributed by atoms with Crippen molar-refractivity contribution in [3.63, 3.8) is 0 Å². The lowest BCUT2D eigenvalue weighted by Gasteiger charge is -2.08. The van der Waals surface area contributed by atoms with Gasteiger partial charge in [-0.3, -0.25) is 10.2 Å². The second kappa shape index (κ2) is 9.84. The predicted molar refractivity (Wildman–Crippen MR) is 122 cm³/mol. The lowest BCUT2D eigenvalue weighted by atomic mass is 10.3. The van der Waals surface area contributed by atoms with Crippen molar-refractivity contribution < 1.29 is 22.5 Å². The smallest absolute Gasteiger partial charge is 0.287 e. The fraction of sp³-hybridized carbons (Fsp3) is 0.143. The second-order valence-corrected chi connectivity index (χ2v) is 8.40. The molecular formula is C21H20N6O5S. The van der Waals surface area contributed by atoms with Gasteiger partial charge in [0.05, 0.1) is 23.4 Å². The lowest BCUT2D eigenvalue weighted by Crippen LogP contribution is -2.22. The number of sulfonamides is 1. The Morgan fingerprint density at radius 3 is 2.27 bits per heavy atom. The first-order chi connectivity index (χ1) is 15.7. The zero-order chi connectivity index (χ0) is 24.0. The zero-order valence-corrected chi connectivity index (χ0v) is 18.7. The number of hydrogen-bond acceptors (Lipinski definition) is 9. The van der Waals surface area contributed by atoms with E-state index >= 15 is 0 Å². The van der Waals surface area contributed by atoms with Crippen LogP contribution in [0.25, 0.3) is 0 Å². The number of hydrogen-bond donors (Lipinski definition) is 3. The van der Waals surface area contributed by atoms with Gasteiger partial charge in [0, 0.05) is 11.3 Å². The van der Waals surface area contributed by atoms with E-state index < -0.39 is 21.6 Å². The van der Waals surface area contributed by atoms with Crippen LogP contribution in [0.5, 0.6) is 5.75 Å². The predicted octanol–water partition coefficient (Wildman–Crippen LogP) is 3.03. The quantitative estimate of drug-likeness (QED) is 0.336. The minimum atomic E-state index is -3.92. The standard InChI is InChI=1S/C21H20N6O5S/c1-13-14(2)26-32-21(13)27-33(29,30)18-10-6-15(7-11-18)23-20(28)19(12-22)25-24-16-4-8-17(31-3)9-5-16/h4-11,24,27H,1-3H3,(H,23,28). The van der Waals surface area contributed by atoms with E-state index in [2.05, 4.69) is 25.7 Å². The Kier molecular flexibility index (Phi) is 6.94. The van der Waals surface area contributed by atoms with Crippen LogP contribution in [0.4, 0.5) is 17.3 Å². The number of carbonyl (C=O) groups excluding carboxylic acids is 1. The first-order valence-corrected chi connectivity index (χ1v) is 11.0. The average molecular weight is 468 g/mol. The molecule has 1 amide bonds. The third-order valence-electron chi connectivity index (χ3n) is 4.51. The van der Waals surface area contributed by atoms with Gasteiger partial charge in [0.15, 0.2) is 0 Å². The number of ether oxygens (including phenoxy) is 1. The van der Waals surface area contributed by atoms with Crippen molar-refractivity contribution in [2.75, 3.05) is 22.6 Å². The van der Waals surface area contributed by atoms with E-state index in [0.717, 1.165) is 0 Å². The van der Waals surface area contributed by atoms with Crippen LogP contribution in [0.3, 0.4) is 0 Å². The molecule has 2 aromatic carbocycles. The molecule has 0 aliphatic rings. The number of nitrogens with zero attached hydrogens (tertiary/aromatic N) is 3. The topological polar surface area (TPSA) is 159 Å². The van der Waals surface area contributed by atoms with Crippen LogP contribution in [-0.4, -0.2) is 32.3 Å². The molecule has 0 saturated heterocycles. The molecule has 170 valence electrons. The van der Waals surface area contributed by atoms with E-state index in [0.29, 0.717) is 22.7 Å². The summed E-state index contributed by atoms with van der Waals surface area (Å²) in [7, 11) is -2.39. The van der Waals surface area contributed by atoms with Crippen LogP contribution in [0.2, 0.25) is 0 Å². The van der Waals surface area contributed by atoms with Gasteiger partial charge in [0.2, 0.25) is 11.6 Å². The van der Waals surface area contributed by atoms with Crippen molar-refractivity contribution >= 4 is 38.9 Å². The van der Waals surface area contributed by atoms with Crippen LogP contribution in [0.15, 0.2) is 63.1 Å². The van der Waals surface area contributed by atoms with Crippen LogP contribution in [0, 0.1) is 25.2 Å². The van der Waals surface area contributed by atoms with Crippen LogP contribution < -0.4 is 20.2 Å².